The van der Waals surface area contributed by atoms with Gasteiger partial charge in [-0.2, -0.15) is 0 Å². The maximum Gasteiger partial charge on any atom is 0.355 e. The van der Waals surface area contributed by atoms with Crippen molar-refractivity contribution in [2.75, 3.05) is 18.5 Å². The molecule has 0 bridgehead atoms. The third kappa shape index (κ3) is 4.89. The Morgan fingerprint density at radius 3 is 2.44 bits per heavy atom. The van der Waals surface area contributed by atoms with Crippen molar-refractivity contribution >= 4 is 35.1 Å². The number of anilines is 1. The standard InChI is InChI=1S/C19H21ClN2O5/c1-5-26-19(25)17-11(3)16(12(4)21-17)18(24)27-9-15(23)22-14-7-6-10(2)8-13(14)20/h6-8,21H,5,9H2,1-4H3,(H,22,23). The first-order chi connectivity index (χ1) is 12.7. The lowest BCUT2D eigenvalue weighted by Gasteiger charge is -2.09. The van der Waals surface area contributed by atoms with Gasteiger partial charge in [0.1, 0.15) is 5.69 Å². The number of carbonyl (C=O) groups excluding carboxylic acids is 3. The van der Waals surface area contributed by atoms with E-state index in [1.165, 1.54) is 0 Å². The van der Waals surface area contributed by atoms with E-state index in [0.29, 0.717) is 22.0 Å². The molecule has 1 heterocycles. The Bertz CT molecular complexity index is 888. The summed E-state index contributed by atoms with van der Waals surface area (Å²) in [5.41, 5.74) is 2.67. The summed E-state index contributed by atoms with van der Waals surface area (Å²) in [6.07, 6.45) is 0. The van der Waals surface area contributed by atoms with Gasteiger partial charge in [0.15, 0.2) is 6.61 Å². The Labute approximate surface area is 162 Å². The topological polar surface area (TPSA) is 97.5 Å². The van der Waals surface area contributed by atoms with Gasteiger partial charge in [-0.3, -0.25) is 4.79 Å². The van der Waals surface area contributed by atoms with Crippen LogP contribution in [0.2, 0.25) is 5.02 Å². The molecule has 7 nitrogen and oxygen atoms in total. The summed E-state index contributed by atoms with van der Waals surface area (Å²) in [4.78, 5) is 39.1. The van der Waals surface area contributed by atoms with E-state index in [2.05, 4.69) is 10.3 Å². The van der Waals surface area contributed by atoms with Crippen LogP contribution in [0.5, 0.6) is 0 Å². The number of hydrogen-bond acceptors (Lipinski definition) is 5. The van der Waals surface area contributed by atoms with E-state index in [9.17, 15) is 14.4 Å². The molecule has 1 aromatic carbocycles. The number of nitrogens with one attached hydrogen (secondary N) is 2. The lowest BCUT2D eigenvalue weighted by atomic mass is 10.1. The van der Waals surface area contributed by atoms with E-state index in [-0.39, 0.29) is 17.9 Å². The maximum atomic E-state index is 12.3. The number of aryl methyl sites for hydroxylation is 2. The summed E-state index contributed by atoms with van der Waals surface area (Å²) in [7, 11) is 0. The molecule has 0 saturated heterocycles. The van der Waals surface area contributed by atoms with Crippen molar-refractivity contribution in [3.63, 3.8) is 0 Å². The van der Waals surface area contributed by atoms with Crippen molar-refractivity contribution in [1.29, 1.82) is 0 Å². The summed E-state index contributed by atoms with van der Waals surface area (Å²) in [5, 5.41) is 2.98. The summed E-state index contributed by atoms with van der Waals surface area (Å²) < 4.78 is 10.0. The number of H-pyrrole nitrogens is 1. The van der Waals surface area contributed by atoms with E-state index in [4.69, 9.17) is 21.1 Å². The van der Waals surface area contributed by atoms with Gasteiger partial charge in [0.2, 0.25) is 0 Å². The van der Waals surface area contributed by atoms with Gasteiger partial charge in [-0.25, -0.2) is 9.59 Å². The van der Waals surface area contributed by atoms with Crippen LogP contribution in [0.3, 0.4) is 0 Å². The van der Waals surface area contributed by atoms with Crippen LogP contribution in [-0.4, -0.2) is 36.0 Å². The second kappa shape index (κ2) is 8.73. The molecule has 0 saturated carbocycles. The summed E-state index contributed by atoms with van der Waals surface area (Å²) in [6.45, 7) is 6.55. The van der Waals surface area contributed by atoms with Crippen LogP contribution in [0.1, 0.15) is 44.6 Å². The van der Waals surface area contributed by atoms with Crippen molar-refractivity contribution in [3.8, 4) is 0 Å². The molecule has 0 radical (unpaired) electrons. The van der Waals surface area contributed by atoms with Crippen LogP contribution >= 0.6 is 11.6 Å². The molecule has 2 rings (SSSR count). The van der Waals surface area contributed by atoms with Gasteiger partial charge in [-0.15, -0.1) is 0 Å². The number of esters is 2. The van der Waals surface area contributed by atoms with E-state index in [1.54, 1.807) is 39.0 Å². The van der Waals surface area contributed by atoms with Gasteiger partial charge in [0.25, 0.3) is 5.91 Å². The lowest BCUT2D eigenvalue weighted by molar-refractivity contribution is -0.119. The fourth-order valence-electron chi connectivity index (χ4n) is 2.57. The number of rotatable bonds is 6. The minimum Gasteiger partial charge on any atom is -0.461 e. The van der Waals surface area contributed by atoms with Crippen LogP contribution < -0.4 is 5.32 Å². The number of hydrogen-bond donors (Lipinski definition) is 2. The second-order valence-electron chi connectivity index (χ2n) is 5.95. The van der Waals surface area contributed by atoms with Gasteiger partial charge in [0.05, 0.1) is 22.9 Å². The van der Waals surface area contributed by atoms with E-state index < -0.39 is 24.5 Å². The van der Waals surface area contributed by atoms with Gasteiger partial charge in [0, 0.05) is 5.69 Å². The van der Waals surface area contributed by atoms with Crippen molar-refractivity contribution in [1.82, 2.24) is 4.98 Å². The Hall–Kier alpha value is -2.80. The molecule has 0 aliphatic carbocycles. The quantitative estimate of drug-likeness (QED) is 0.732. The number of amides is 1. The highest BCUT2D eigenvalue weighted by atomic mass is 35.5. The largest absolute Gasteiger partial charge is 0.461 e. The summed E-state index contributed by atoms with van der Waals surface area (Å²) in [5.74, 6) is -1.78. The molecular formula is C19H21ClN2O5. The normalized spacial score (nSPS) is 10.4. The average molecular weight is 393 g/mol. The van der Waals surface area contributed by atoms with E-state index in [1.807, 2.05) is 6.92 Å². The number of ether oxygens (including phenoxy) is 2. The second-order valence-corrected chi connectivity index (χ2v) is 6.36. The van der Waals surface area contributed by atoms with Crippen LogP contribution in [-0.2, 0) is 14.3 Å². The van der Waals surface area contributed by atoms with Gasteiger partial charge < -0.3 is 19.8 Å². The number of aromatic nitrogens is 1. The Balaban J connectivity index is 2.03. The number of halogens is 1. The molecule has 0 fully saturated rings. The first-order valence-corrected chi connectivity index (χ1v) is 8.71. The van der Waals surface area contributed by atoms with Crippen LogP contribution in [0, 0.1) is 20.8 Å². The Kier molecular flexibility index (Phi) is 6.63. The molecule has 0 aliphatic rings. The molecule has 0 spiro atoms. The molecule has 144 valence electrons. The molecule has 2 aromatic rings. The first kappa shape index (κ1) is 20.5. The first-order valence-electron chi connectivity index (χ1n) is 8.34. The molecule has 1 aromatic heterocycles. The highest BCUT2D eigenvalue weighted by molar-refractivity contribution is 6.33. The average Bonchev–Trinajstić information content (AvgIpc) is 2.90. The number of benzene rings is 1. The molecule has 1 amide bonds. The molecule has 2 N–H and O–H groups in total. The summed E-state index contributed by atoms with van der Waals surface area (Å²) >= 11 is 6.06. The highest BCUT2D eigenvalue weighted by Crippen LogP contribution is 2.23. The van der Waals surface area contributed by atoms with E-state index in [0.717, 1.165) is 5.56 Å². The van der Waals surface area contributed by atoms with Crippen molar-refractivity contribution in [3.05, 3.63) is 51.3 Å². The molecule has 8 heteroatoms. The van der Waals surface area contributed by atoms with Gasteiger partial charge in [-0.1, -0.05) is 17.7 Å². The lowest BCUT2D eigenvalue weighted by Crippen LogP contribution is -2.21. The zero-order valence-electron chi connectivity index (χ0n) is 15.6. The van der Waals surface area contributed by atoms with Crippen LogP contribution in [0.15, 0.2) is 18.2 Å². The van der Waals surface area contributed by atoms with Gasteiger partial charge >= 0.3 is 11.9 Å². The smallest absolute Gasteiger partial charge is 0.355 e. The van der Waals surface area contributed by atoms with Crippen molar-refractivity contribution in [2.24, 2.45) is 0 Å². The third-order valence-electron chi connectivity index (χ3n) is 3.85. The predicted octanol–water partition coefficient (Wildman–Crippen LogP) is 3.57. The van der Waals surface area contributed by atoms with Crippen molar-refractivity contribution < 1.29 is 23.9 Å². The van der Waals surface area contributed by atoms with Crippen LogP contribution in [0.4, 0.5) is 5.69 Å². The zero-order chi connectivity index (χ0) is 20.1. The van der Waals surface area contributed by atoms with Gasteiger partial charge in [-0.05, 0) is 51.0 Å². The number of aromatic amines is 1. The molecule has 27 heavy (non-hydrogen) atoms. The summed E-state index contributed by atoms with van der Waals surface area (Å²) in [6, 6.07) is 5.19. The molecule has 0 atom stereocenters. The van der Waals surface area contributed by atoms with E-state index >= 15 is 0 Å². The highest BCUT2D eigenvalue weighted by Gasteiger charge is 2.24. The Morgan fingerprint density at radius 2 is 1.81 bits per heavy atom. The zero-order valence-corrected chi connectivity index (χ0v) is 16.3. The molecular weight excluding hydrogens is 372 g/mol. The van der Waals surface area contributed by atoms with Crippen LogP contribution in [0.25, 0.3) is 0 Å². The molecule has 0 aliphatic heterocycles. The molecule has 0 unspecified atom stereocenters. The maximum absolute atomic E-state index is 12.3. The minimum absolute atomic E-state index is 0.192. The fourth-order valence-corrected chi connectivity index (χ4v) is 2.86. The third-order valence-corrected chi connectivity index (χ3v) is 4.17. The Morgan fingerprint density at radius 1 is 1.11 bits per heavy atom. The predicted molar refractivity (Wildman–Crippen MR) is 101 cm³/mol. The monoisotopic (exact) mass is 392 g/mol. The fraction of sp³-hybridized carbons (Fsp3) is 0.316. The number of carbonyl (C=O) groups is 3. The van der Waals surface area contributed by atoms with Crippen molar-refractivity contribution in [2.45, 2.75) is 27.7 Å². The SMILES string of the molecule is CCOC(=O)c1[nH]c(C)c(C(=O)OCC(=O)Nc2ccc(C)cc2Cl)c1C. The minimum atomic E-state index is -0.707.